The first-order valence-corrected chi connectivity index (χ1v) is 7.79. The zero-order valence-corrected chi connectivity index (χ0v) is 14.1. The molecule has 0 atom stereocenters. The fraction of sp³-hybridized carbons (Fsp3) is 0.333. The highest BCUT2D eigenvalue weighted by Gasteiger charge is 2.27. The number of pyridine rings is 1. The van der Waals surface area contributed by atoms with E-state index in [9.17, 15) is 4.79 Å². The number of nitrogens with two attached hydrogens (primary N) is 1. The Kier molecular flexibility index (Phi) is 4.05. The third-order valence-electron chi connectivity index (χ3n) is 3.53. The van der Waals surface area contributed by atoms with Gasteiger partial charge in [0, 0.05) is 19.2 Å². The molecule has 1 aromatic carbocycles. The van der Waals surface area contributed by atoms with Crippen molar-refractivity contribution in [3.8, 4) is 11.6 Å². The van der Waals surface area contributed by atoms with Crippen LogP contribution in [-0.4, -0.2) is 21.6 Å². The predicted octanol–water partition coefficient (Wildman–Crippen LogP) is 3.71. The first kappa shape index (κ1) is 16.1. The summed E-state index contributed by atoms with van der Waals surface area (Å²) in [6, 6.07) is 9.22. The van der Waals surface area contributed by atoms with Crippen LogP contribution in [0.15, 0.2) is 36.5 Å². The van der Waals surface area contributed by atoms with Gasteiger partial charge in [0.05, 0.1) is 11.9 Å². The topological polar surface area (TPSA) is 77.7 Å². The van der Waals surface area contributed by atoms with Crippen molar-refractivity contribution in [3.63, 3.8) is 0 Å². The summed E-state index contributed by atoms with van der Waals surface area (Å²) in [7, 11) is 0. The Balaban J connectivity index is 1.69. The number of ether oxygens (including phenoxy) is 2. The first-order chi connectivity index (χ1) is 11.3. The summed E-state index contributed by atoms with van der Waals surface area (Å²) < 4.78 is 11.2. The van der Waals surface area contributed by atoms with Gasteiger partial charge in [0.25, 0.3) is 0 Å². The number of hydrogen-bond donors (Lipinski definition) is 1. The Bertz CT molecular complexity index is 751. The fourth-order valence-electron chi connectivity index (χ4n) is 2.46. The molecule has 6 heteroatoms. The molecule has 0 aliphatic carbocycles. The molecule has 24 heavy (non-hydrogen) atoms. The van der Waals surface area contributed by atoms with E-state index in [4.69, 9.17) is 15.2 Å². The van der Waals surface area contributed by atoms with Gasteiger partial charge in [-0.05, 0) is 50.1 Å². The van der Waals surface area contributed by atoms with Crippen LogP contribution in [-0.2, 0) is 17.8 Å². The van der Waals surface area contributed by atoms with Gasteiger partial charge in [-0.15, -0.1) is 0 Å². The van der Waals surface area contributed by atoms with Gasteiger partial charge in [0.15, 0.2) is 0 Å². The lowest BCUT2D eigenvalue weighted by atomic mass is 10.1. The predicted molar refractivity (Wildman–Crippen MR) is 90.6 cm³/mol. The lowest BCUT2D eigenvalue weighted by molar-refractivity contribution is 0.0242. The molecule has 1 amide bonds. The highest BCUT2D eigenvalue weighted by molar-refractivity contribution is 5.69. The van der Waals surface area contributed by atoms with Crippen LogP contribution >= 0.6 is 0 Å². The monoisotopic (exact) mass is 327 g/mol. The summed E-state index contributed by atoms with van der Waals surface area (Å²) in [5.74, 6) is 1.16. The average Bonchev–Trinajstić information content (AvgIpc) is 2.91. The maximum Gasteiger partial charge on any atom is 0.410 e. The molecule has 2 N–H and O–H groups in total. The van der Waals surface area contributed by atoms with E-state index < -0.39 is 5.60 Å². The van der Waals surface area contributed by atoms with E-state index in [0.717, 1.165) is 11.1 Å². The molecule has 0 spiro atoms. The third kappa shape index (κ3) is 3.76. The van der Waals surface area contributed by atoms with Crippen molar-refractivity contribution in [2.45, 2.75) is 39.5 Å². The van der Waals surface area contributed by atoms with Crippen LogP contribution in [0.3, 0.4) is 0 Å². The lowest BCUT2D eigenvalue weighted by Crippen LogP contribution is -2.33. The van der Waals surface area contributed by atoms with Crippen molar-refractivity contribution in [2.24, 2.45) is 0 Å². The first-order valence-electron chi connectivity index (χ1n) is 7.79. The van der Waals surface area contributed by atoms with Crippen LogP contribution in [0, 0.1) is 0 Å². The molecule has 0 saturated heterocycles. The van der Waals surface area contributed by atoms with E-state index in [1.807, 2.05) is 39.0 Å². The minimum Gasteiger partial charge on any atom is -0.444 e. The third-order valence-corrected chi connectivity index (χ3v) is 3.53. The standard InChI is InChI=1S/C18H21N3O3/c1-18(2,3)24-17(22)21-10-12-4-6-15(8-13(12)11-21)23-16-7-5-14(19)9-20-16/h4-9H,10-11,19H2,1-3H3. The van der Waals surface area contributed by atoms with Crippen molar-refractivity contribution in [3.05, 3.63) is 47.7 Å². The van der Waals surface area contributed by atoms with Crippen molar-refractivity contribution >= 4 is 11.8 Å². The molecular weight excluding hydrogens is 306 g/mol. The molecule has 6 nitrogen and oxygen atoms in total. The molecule has 0 saturated carbocycles. The average molecular weight is 327 g/mol. The molecule has 0 unspecified atom stereocenters. The van der Waals surface area contributed by atoms with Gasteiger partial charge >= 0.3 is 6.09 Å². The van der Waals surface area contributed by atoms with Gasteiger partial charge in [0.1, 0.15) is 11.4 Å². The summed E-state index contributed by atoms with van der Waals surface area (Å²) in [6.45, 7) is 6.64. The molecule has 126 valence electrons. The minimum atomic E-state index is -0.499. The second-order valence-corrected chi connectivity index (χ2v) is 6.80. The molecule has 0 radical (unpaired) electrons. The second kappa shape index (κ2) is 6.03. The maximum absolute atomic E-state index is 12.2. The highest BCUT2D eigenvalue weighted by Crippen LogP contribution is 2.29. The van der Waals surface area contributed by atoms with Crippen LogP contribution < -0.4 is 10.5 Å². The quantitative estimate of drug-likeness (QED) is 0.910. The molecule has 2 heterocycles. The number of carbonyl (C=O) groups is 1. The maximum atomic E-state index is 12.2. The van der Waals surface area contributed by atoms with Gasteiger partial charge in [-0.1, -0.05) is 6.07 Å². The summed E-state index contributed by atoms with van der Waals surface area (Å²) >= 11 is 0. The van der Waals surface area contributed by atoms with Crippen LogP contribution in [0.25, 0.3) is 0 Å². The summed E-state index contributed by atoms with van der Waals surface area (Å²) in [5.41, 5.74) is 7.85. The van der Waals surface area contributed by atoms with Gasteiger partial charge in [-0.3, -0.25) is 4.90 Å². The molecular formula is C18H21N3O3. The largest absolute Gasteiger partial charge is 0.444 e. The molecule has 2 aromatic rings. The number of nitrogens with zero attached hydrogens (tertiary/aromatic N) is 2. The van der Waals surface area contributed by atoms with Crippen molar-refractivity contribution in [1.29, 1.82) is 0 Å². The Labute approximate surface area is 141 Å². The molecule has 1 aliphatic rings. The molecule has 3 rings (SSSR count). The van der Waals surface area contributed by atoms with E-state index in [1.54, 1.807) is 23.2 Å². The summed E-state index contributed by atoms with van der Waals surface area (Å²) in [6.07, 6.45) is 1.24. The molecule has 1 aromatic heterocycles. The fourth-order valence-corrected chi connectivity index (χ4v) is 2.46. The smallest absolute Gasteiger partial charge is 0.410 e. The van der Waals surface area contributed by atoms with Crippen LogP contribution in [0.1, 0.15) is 31.9 Å². The number of amides is 1. The Hall–Kier alpha value is -2.76. The van der Waals surface area contributed by atoms with Crippen molar-refractivity contribution in [1.82, 2.24) is 9.88 Å². The number of rotatable bonds is 2. The number of carbonyl (C=O) groups excluding carboxylic acids is 1. The Morgan fingerprint density at radius 2 is 1.92 bits per heavy atom. The Morgan fingerprint density at radius 3 is 2.58 bits per heavy atom. The van der Waals surface area contributed by atoms with Crippen molar-refractivity contribution < 1.29 is 14.3 Å². The van der Waals surface area contributed by atoms with E-state index in [2.05, 4.69) is 4.98 Å². The van der Waals surface area contributed by atoms with Gasteiger partial charge in [-0.25, -0.2) is 9.78 Å². The van der Waals surface area contributed by atoms with Gasteiger partial charge in [0.2, 0.25) is 5.88 Å². The Morgan fingerprint density at radius 1 is 1.17 bits per heavy atom. The zero-order valence-electron chi connectivity index (χ0n) is 14.1. The minimum absolute atomic E-state index is 0.304. The number of fused-ring (bicyclic) bond motifs is 1. The number of nitrogen functional groups attached to an aromatic ring is 1. The number of anilines is 1. The summed E-state index contributed by atoms with van der Waals surface area (Å²) in [4.78, 5) is 18.0. The normalized spacial score (nSPS) is 13.5. The number of aromatic nitrogens is 1. The van der Waals surface area contributed by atoms with E-state index in [1.165, 1.54) is 0 Å². The second-order valence-electron chi connectivity index (χ2n) is 6.80. The molecule has 0 fully saturated rings. The molecule has 0 bridgehead atoms. The van der Waals surface area contributed by atoms with E-state index in [0.29, 0.717) is 30.4 Å². The molecule has 1 aliphatic heterocycles. The van der Waals surface area contributed by atoms with Gasteiger partial charge in [-0.2, -0.15) is 0 Å². The number of benzene rings is 1. The zero-order chi connectivity index (χ0) is 17.3. The SMILES string of the molecule is CC(C)(C)OC(=O)N1Cc2ccc(Oc3ccc(N)cn3)cc2C1. The van der Waals surface area contributed by atoms with Gasteiger partial charge < -0.3 is 15.2 Å². The van der Waals surface area contributed by atoms with Crippen LogP contribution in [0.5, 0.6) is 11.6 Å². The van der Waals surface area contributed by atoms with Crippen LogP contribution in [0.2, 0.25) is 0 Å². The van der Waals surface area contributed by atoms with Crippen LogP contribution in [0.4, 0.5) is 10.5 Å². The number of hydrogen-bond acceptors (Lipinski definition) is 5. The van der Waals surface area contributed by atoms with E-state index >= 15 is 0 Å². The highest BCUT2D eigenvalue weighted by atomic mass is 16.6. The lowest BCUT2D eigenvalue weighted by Gasteiger charge is -2.24. The summed E-state index contributed by atoms with van der Waals surface area (Å²) in [5, 5.41) is 0. The van der Waals surface area contributed by atoms with Crippen molar-refractivity contribution in [2.75, 3.05) is 5.73 Å². The van der Waals surface area contributed by atoms with E-state index in [-0.39, 0.29) is 6.09 Å².